The minimum atomic E-state index is -0.336. The van der Waals surface area contributed by atoms with E-state index in [1.54, 1.807) is 26.3 Å². The Kier molecular flexibility index (Phi) is 3.67. The van der Waals surface area contributed by atoms with Crippen LogP contribution in [0.5, 0.6) is 5.75 Å². The molecule has 0 unspecified atom stereocenters. The molecule has 0 bridgehead atoms. The van der Waals surface area contributed by atoms with Gasteiger partial charge in [0.1, 0.15) is 11.4 Å². The van der Waals surface area contributed by atoms with E-state index in [2.05, 4.69) is 4.98 Å². The third-order valence-corrected chi connectivity index (χ3v) is 2.60. The average molecular weight is 245 g/mol. The summed E-state index contributed by atoms with van der Waals surface area (Å²) >= 11 is 0. The van der Waals surface area contributed by atoms with E-state index in [-0.39, 0.29) is 5.97 Å². The van der Waals surface area contributed by atoms with Gasteiger partial charge in [-0.25, -0.2) is 4.79 Å². The third kappa shape index (κ3) is 2.53. The number of hydrogen-bond donors (Lipinski definition) is 1. The predicted octanol–water partition coefficient (Wildman–Crippen LogP) is 2.87. The molecule has 2 aromatic rings. The van der Waals surface area contributed by atoms with Crippen molar-refractivity contribution in [2.24, 2.45) is 0 Å². The number of hydrogen-bond acceptors (Lipinski definition) is 3. The summed E-state index contributed by atoms with van der Waals surface area (Å²) in [5.74, 6) is 0.470. The van der Waals surface area contributed by atoms with Gasteiger partial charge in [0, 0.05) is 6.20 Å². The van der Waals surface area contributed by atoms with Gasteiger partial charge in [-0.3, -0.25) is 0 Å². The first kappa shape index (κ1) is 12.2. The molecule has 4 nitrogen and oxygen atoms in total. The molecule has 18 heavy (non-hydrogen) atoms. The zero-order valence-corrected chi connectivity index (χ0v) is 10.4. The van der Waals surface area contributed by atoms with Crippen molar-refractivity contribution >= 4 is 5.97 Å². The van der Waals surface area contributed by atoms with E-state index in [1.165, 1.54) is 0 Å². The molecule has 1 aromatic heterocycles. The van der Waals surface area contributed by atoms with Gasteiger partial charge < -0.3 is 14.5 Å². The molecule has 0 saturated heterocycles. The standard InChI is InChI=1S/C14H15NO3/c1-3-18-14(16)13-8-11(9-15-13)10-4-6-12(17-2)7-5-10/h4-9,15H,3H2,1-2H3. The summed E-state index contributed by atoms with van der Waals surface area (Å²) in [6, 6.07) is 9.42. The summed E-state index contributed by atoms with van der Waals surface area (Å²) < 4.78 is 10.0. The van der Waals surface area contributed by atoms with Gasteiger partial charge in [0.15, 0.2) is 0 Å². The molecule has 0 amide bonds. The Hall–Kier alpha value is -2.23. The number of rotatable bonds is 4. The molecule has 4 heteroatoms. The summed E-state index contributed by atoms with van der Waals surface area (Å²) in [7, 11) is 1.63. The molecule has 2 rings (SSSR count). The first-order valence-electron chi connectivity index (χ1n) is 5.74. The molecule has 94 valence electrons. The first-order chi connectivity index (χ1) is 8.74. The maximum atomic E-state index is 11.5. The highest BCUT2D eigenvalue weighted by atomic mass is 16.5. The van der Waals surface area contributed by atoms with Crippen LogP contribution < -0.4 is 4.74 Å². The van der Waals surface area contributed by atoms with E-state index in [4.69, 9.17) is 9.47 Å². The molecule has 0 radical (unpaired) electrons. The first-order valence-corrected chi connectivity index (χ1v) is 5.74. The van der Waals surface area contributed by atoms with Crippen LogP contribution in [0.15, 0.2) is 36.5 Å². The van der Waals surface area contributed by atoms with Gasteiger partial charge in [-0.05, 0) is 36.2 Å². The molecule has 1 aromatic carbocycles. The third-order valence-electron chi connectivity index (χ3n) is 2.60. The molecule has 0 saturated carbocycles. The fourth-order valence-corrected chi connectivity index (χ4v) is 1.67. The van der Waals surface area contributed by atoms with E-state index in [0.29, 0.717) is 12.3 Å². The van der Waals surface area contributed by atoms with Crippen LogP contribution in [0.4, 0.5) is 0 Å². The number of methoxy groups -OCH3 is 1. The smallest absolute Gasteiger partial charge is 0.354 e. The number of esters is 1. The summed E-state index contributed by atoms with van der Waals surface area (Å²) in [4.78, 5) is 14.4. The van der Waals surface area contributed by atoms with Crippen molar-refractivity contribution in [2.75, 3.05) is 13.7 Å². The van der Waals surface area contributed by atoms with Gasteiger partial charge in [-0.2, -0.15) is 0 Å². The van der Waals surface area contributed by atoms with E-state index < -0.39 is 0 Å². The second-order valence-electron chi connectivity index (χ2n) is 3.75. The molecular formula is C14H15NO3. The lowest BCUT2D eigenvalue weighted by atomic mass is 10.1. The highest BCUT2D eigenvalue weighted by molar-refractivity contribution is 5.89. The zero-order chi connectivity index (χ0) is 13.0. The molecule has 0 spiro atoms. The fourth-order valence-electron chi connectivity index (χ4n) is 1.67. The quantitative estimate of drug-likeness (QED) is 0.843. The average Bonchev–Trinajstić information content (AvgIpc) is 2.89. The number of aromatic amines is 1. The number of nitrogens with one attached hydrogen (secondary N) is 1. The lowest BCUT2D eigenvalue weighted by Crippen LogP contribution is -2.04. The SMILES string of the molecule is CCOC(=O)c1cc(-c2ccc(OC)cc2)c[nH]1. The number of aromatic nitrogens is 1. The minimum absolute atomic E-state index is 0.336. The van der Waals surface area contributed by atoms with E-state index in [9.17, 15) is 4.79 Å². The van der Waals surface area contributed by atoms with Gasteiger partial charge in [-0.15, -0.1) is 0 Å². The van der Waals surface area contributed by atoms with Crippen LogP contribution in [-0.2, 0) is 4.74 Å². The van der Waals surface area contributed by atoms with Gasteiger partial charge >= 0.3 is 5.97 Å². The van der Waals surface area contributed by atoms with Crippen LogP contribution in [0.1, 0.15) is 17.4 Å². The fraction of sp³-hybridized carbons (Fsp3) is 0.214. The highest BCUT2D eigenvalue weighted by Crippen LogP contribution is 2.23. The topological polar surface area (TPSA) is 51.3 Å². The van der Waals surface area contributed by atoms with Crippen molar-refractivity contribution in [3.63, 3.8) is 0 Å². The van der Waals surface area contributed by atoms with Crippen molar-refractivity contribution in [2.45, 2.75) is 6.92 Å². The molecule has 0 fully saturated rings. The summed E-state index contributed by atoms with van der Waals surface area (Å²) in [5.41, 5.74) is 2.42. The maximum Gasteiger partial charge on any atom is 0.354 e. The Labute approximate surface area is 106 Å². The van der Waals surface area contributed by atoms with Crippen LogP contribution in [0.2, 0.25) is 0 Å². The predicted molar refractivity (Wildman–Crippen MR) is 68.7 cm³/mol. The normalized spacial score (nSPS) is 10.1. The van der Waals surface area contributed by atoms with Crippen molar-refractivity contribution in [3.8, 4) is 16.9 Å². The Balaban J connectivity index is 2.20. The number of H-pyrrole nitrogens is 1. The second kappa shape index (κ2) is 5.40. The van der Waals surface area contributed by atoms with Crippen molar-refractivity contribution in [3.05, 3.63) is 42.2 Å². The van der Waals surface area contributed by atoms with E-state index in [1.807, 2.05) is 24.3 Å². The largest absolute Gasteiger partial charge is 0.497 e. The number of benzene rings is 1. The molecule has 1 N–H and O–H groups in total. The Morgan fingerprint density at radius 2 is 1.94 bits per heavy atom. The highest BCUT2D eigenvalue weighted by Gasteiger charge is 2.10. The Bertz CT molecular complexity index is 528. The monoisotopic (exact) mass is 245 g/mol. The van der Waals surface area contributed by atoms with Crippen LogP contribution in [0.3, 0.4) is 0 Å². The van der Waals surface area contributed by atoms with Gasteiger partial charge in [0.2, 0.25) is 0 Å². The van der Waals surface area contributed by atoms with Crippen molar-refractivity contribution in [1.29, 1.82) is 0 Å². The van der Waals surface area contributed by atoms with Crippen LogP contribution in [0.25, 0.3) is 11.1 Å². The zero-order valence-electron chi connectivity index (χ0n) is 10.4. The van der Waals surface area contributed by atoms with Gasteiger partial charge in [-0.1, -0.05) is 12.1 Å². The molecule has 0 atom stereocenters. The second-order valence-corrected chi connectivity index (χ2v) is 3.75. The van der Waals surface area contributed by atoms with Crippen molar-refractivity contribution < 1.29 is 14.3 Å². The van der Waals surface area contributed by atoms with E-state index >= 15 is 0 Å². The summed E-state index contributed by atoms with van der Waals surface area (Å²) in [6.07, 6.45) is 1.79. The number of ether oxygens (including phenoxy) is 2. The molecule has 1 heterocycles. The summed E-state index contributed by atoms with van der Waals surface area (Å²) in [5, 5.41) is 0. The van der Waals surface area contributed by atoms with Crippen molar-refractivity contribution in [1.82, 2.24) is 4.98 Å². The lowest BCUT2D eigenvalue weighted by Gasteiger charge is -2.01. The minimum Gasteiger partial charge on any atom is -0.497 e. The molecule has 0 aliphatic heterocycles. The lowest BCUT2D eigenvalue weighted by molar-refractivity contribution is 0.0520. The molecule has 0 aliphatic rings. The van der Waals surface area contributed by atoms with Gasteiger partial charge in [0.05, 0.1) is 13.7 Å². The molecular weight excluding hydrogens is 230 g/mol. The van der Waals surface area contributed by atoms with Crippen LogP contribution >= 0.6 is 0 Å². The Morgan fingerprint density at radius 1 is 1.22 bits per heavy atom. The number of carbonyl (C=O) groups excluding carboxylic acids is 1. The molecule has 0 aliphatic carbocycles. The number of carbonyl (C=O) groups is 1. The Morgan fingerprint density at radius 3 is 2.56 bits per heavy atom. The van der Waals surface area contributed by atoms with Crippen LogP contribution in [-0.4, -0.2) is 24.7 Å². The maximum absolute atomic E-state index is 11.5. The van der Waals surface area contributed by atoms with Crippen LogP contribution in [0, 0.1) is 0 Å². The van der Waals surface area contributed by atoms with Gasteiger partial charge in [0.25, 0.3) is 0 Å². The van der Waals surface area contributed by atoms with E-state index in [0.717, 1.165) is 16.9 Å². The summed E-state index contributed by atoms with van der Waals surface area (Å²) in [6.45, 7) is 2.15.